The summed E-state index contributed by atoms with van der Waals surface area (Å²) in [6.07, 6.45) is 0. The summed E-state index contributed by atoms with van der Waals surface area (Å²) in [7, 11) is 0. The highest BCUT2D eigenvalue weighted by Gasteiger charge is 2.15. The number of halogens is 1. The molecule has 0 atom stereocenters. The number of carbonyl (C=O) groups is 1. The standard InChI is InChI=1S/C11H13BrN2O2/c1-6-4-8(3)14-10(9(6)11(15)16)13-5-7(2)12/h4H,2,5H2,1,3H3,(H,13,14)(H,15,16). The zero-order valence-corrected chi connectivity index (χ0v) is 10.8. The number of pyridine rings is 1. The van der Waals surface area contributed by atoms with E-state index in [0.29, 0.717) is 17.9 Å². The average Bonchev–Trinajstić information content (AvgIpc) is 2.12. The van der Waals surface area contributed by atoms with Crippen molar-refractivity contribution in [2.75, 3.05) is 11.9 Å². The number of hydrogen-bond donors (Lipinski definition) is 2. The number of nitrogens with one attached hydrogen (secondary N) is 1. The number of aromatic carboxylic acids is 1. The van der Waals surface area contributed by atoms with Crippen molar-refractivity contribution >= 4 is 27.7 Å². The van der Waals surface area contributed by atoms with Crippen LogP contribution in [0.1, 0.15) is 21.6 Å². The first-order chi connectivity index (χ1) is 7.41. The quantitative estimate of drug-likeness (QED) is 0.893. The van der Waals surface area contributed by atoms with E-state index in [1.54, 1.807) is 13.0 Å². The summed E-state index contributed by atoms with van der Waals surface area (Å²) < 4.78 is 0.741. The van der Waals surface area contributed by atoms with Crippen molar-refractivity contribution in [3.63, 3.8) is 0 Å². The zero-order valence-electron chi connectivity index (χ0n) is 9.17. The first kappa shape index (κ1) is 12.7. The first-order valence-electron chi connectivity index (χ1n) is 4.70. The fraction of sp³-hybridized carbons (Fsp3) is 0.273. The van der Waals surface area contributed by atoms with Crippen LogP contribution in [0.25, 0.3) is 0 Å². The molecule has 0 aliphatic rings. The molecule has 0 aromatic carbocycles. The molecule has 0 saturated carbocycles. The van der Waals surface area contributed by atoms with E-state index in [-0.39, 0.29) is 5.56 Å². The number of nitrogens with zero attached hydrogens (tertiary/aromatic N) is 1. The van der Waals surface area contributed by atoms with Crippen LogP contribution >= 0.6 is 15.9 Å². The Morgan fingerprint density at radius 2 is 2.25 bits per heavy atom. The Hall–Kier alpha value is -1.36. The Morgan fingerprint density at radius 1 is 1.62 bits per heavy atom. The lowest BCUT2D eigenvalue weighted by molar-refractivity contribution is 0.0697. The second kappa shape index (κ2) is 5.12. The van der Waals surface area contributed by atoms with Crippen LogP contribution in [0.2, 0.25) is 0 Å². The Kier molecular flexibility index (Phi) is 4.06. The topological polar surface area (TPSA) is 62.2 Å². The molecule has 0 aliphatic carbocycles. The van der Waals surface area contributed by atoms with Gasteiger partial charge >= 0.3 is 5.97 Å². The summed E-state index contributed by atoms with van der Waals surface area (Å²) in [5.74, 6) is -0.599. The van der Waals surface area contributed by atoms with E-state index in [4.69, 9.17) is 5.11 Å². The molecule has 2 N–H and O–H groups in total. The SMILES string of the molecule is C=C(Br)CNc1nc(C)cc(C)c1C(=O)O. The smallest absolute Gasteiger partial charge is 0.339 e. The van der Waals surface area contributed by atoms with Crippen LogP contribution in [0.15, 0.2) is 17.1 Å². The third kappa shape index (κ3) is 3.06. The molecule has 1 heterocycles. The number of aromatic nitrogens is 1. The van der Waals surface area contributed by atoms with Crippen LogP contribution in [0, 0.1) is 13.8 Å². The summed E-state index contributed by atoms with van der Waals surface area (Å²) in [4.78, 5) is 15.3. The molecule has 0 spiro atoms. The maximum absolute atomic E-state index is 11.1. The maximum Gasteiger partial charge on any atom is 0.339 e. The zero-order chi connectivity index (χ0) is 12.3. The van der Waals surface area contributed by atoms with Crippen LogP contribution in [0.5, 0.6) is 0 Å². The molecular formula is C11H13BrN2O2. The predicted octanol–water partition coefficient (Wildman–Crippen LogP) is 2.72. The van der Waals surface area contributed by atoms with E-state index < -0.39 is 5.97 Å². The highest BCUT2D eigenvalue weighted by molar-refractivity contribution is 9.11. The fourth-order valence-electron chi connectivity index (χ4n) is 1.41. The van der Waals surface area contributed by atoms with Gasteiger partial charge in [0.25, 0.3) is 0 Å². The van der Waals surface area contributed by atoms with Gasteiger partial charge in [-0.15, -0.1) is 0 Å². The van der Waals surface area contributed by atoms with Crippen LogP contribution in [0.4, 0.5) is 5.82 Å². The van der Waals surface area contributed by atoms with Gasteiger partial charge in [-0.3, -0.25) is 0 Å². The fourth-order valence-corrected chi connectivity index (χ4v) is 1.55. The lowest BCUT2D eigenvalue weighted by atomic mass is 10.1. The van der Waals surface area contributed by atoms with Gasteiger partial charge < -0.3 is 10.4 Å². The van der Waals surface area contributed by atoms with Crippen molar-refractivity contribution < 1.29 is 9.90 Å². The molecule has 0 bridgehead atoms. The van der Waals surface area contributed by atoms with Crippen molar-refractivity contribution in [3.8, 4) is 0 Å². The number of carboxylic acid groups (broad SMARTS) is 1. The van der Waals surface area contributed by atoms with Crippen molar-refractivity contribution in [2.24, 2.45) is 0 Å². The van der Waals surface area contributed by atoms with Gasteiger partial charge in [0.1, 0.15) is 11.4 Å². The average molecular weight is 285 g/mol. The normalized spacial score (nSPS) is 9.94. The molecule has 1 rings (SSSR count). The molecule has 0 unspecified atom stereocenters. The molecule has 1 aromatic heterocycles. The van der Waals surface area contributed by atoms with Gasteiger partial charge in [-0.1, -0.05) is 22.5 Å². The number of aryl methyl sites for hydroxylation is 2. The third-order valence-electron chi connectivity index (χ3n) is 2.01. The van der Waals surface area contributed by atoms with Crippen LogP contribution < -0.4 is 5.32 Å². The van der Waals surface area contributed by atoms with E-state index in [0.717, 1.165) is 10.2 Å². The van der Waals surface area contributed by atoms with E-state index in [1.807, 2.05) is 6.92 Å². The van der Waals surface area contributed by atoms with Gasteiger partial charge in [0.15, 0.2) is 0 Å². The lowest BCUT2D eigenvalue weighted by Gasteiger charge is -2.11. The number of hydrogen-bond acceptors (Lipinski definition) is 3. The van der Waals surface area contributed by atoms with Crippen LogP contribution in [-0.2, 0) is 0 Å². The monoisotopic (exact) mass is 284 g/mol. The minimum atomic E-state index is -0.979. The van der Waals surface area contributed by atoms with E-state index in [2.05, 4.69) is 32.8 Å². The van der Waals surface area contributed by atoms with E-state index in [9.17, 15) is 4.79 Å². The number of carboxylic acids is 1. The van der Waals surface area contributed by atoms with Gasteiger partial charge in [-0.05, 0) is 25.5 Å². The van der Waals surface area contributed by atoms with Gasteiger partial charge in [0.05, 0.1) is 0 Å². The van der Waals surface area contributed by atoms with Crippen LogP contribution in [-0.4, -0.2) is 22.6 Å². The Morgan fingerprint density at radius 3 is 2.75 bits per heavy atom. The number of rotatable bonds is 4. The lowest BCUT2D eigenvalue weighted by Crippen LogP contribution is -2.12. The molecule has 0 fully saturated rings. The Labute approximate surface area is 103 Å². The molecule has 0 saturated heterocycles. The van der Waals surface area contributed by atoms with E-state index in [1.165, 1.54) is 0 Å². The molecule has 16 heavy (non-hydrogen) atoms. The second-order valence-corrected chi connectivity index (χ2v) is 4.60. The molecular weight excluding hydrogens is 272 g/mol. The summed E-state index contributed by atoms with van der Waals surface area (Å²) in [5, 5.41) is 12.0. The molecule has 5 heteroatoms. The second-order valence-electron chi connectivity index (χ2n) is 3.48. The molecule has 1 aromatic rings. The minimum Gasteiger partial charge on any atom is -0.478 e. The maximum atomic E-state index is 11.1. The summed E-state index contributed by atoms with van der Waals surface area (Å²) in [6, 6.07) is 1.75. The molecule has 0 amide bonds. The van der Waals surface area contributed by atoms with Gasteiger partial charge in [-0.2, -0.15) is 0 Å². The molecule has 4 nitrogen and oxygen atoms in total. The third-order valence-corrected chi connectivity index (χ3v) is 2.29. The largest absolute Gasteiger partial charge is 0.478 e. The Balaban J connectivity index is 3.13. The van der Waals surface area contributed by atoms with Gasteiger partial charge in [0, 0.05) is 16.7 Å². The Bertz CT molecular complexity index is 444. The van der Waals surface area contributed by atoms with Crippen LogP contribution in [0.3, 0.4) is 0 Å². The summed E-state index contributed by atoms with van der Waals surface area (Å²) in [5.41, 5.74) is 1.69. The summed E-state index contributed by atoms with van der Waals surface area (Å²) >= 11 is 3.20. The predicted molar refractivity (Wildman–Crippen MR) is 67.2 cm³/mol. The summed E-state index contributed by atoms with van der Waals surface area (Å²) in [6.45, 7) is 7.69. The van der Waals surface area contributed by atoms with Gasteiger partial charge in [-0.25, -0.2) is 9.78 Å². The van der Waals surface area contributed by atoms with E-state index >= 15 is 0 Å². The highest BCUT2D eigenvalue weighted by atomic mass is 79.9. The number of anilines is 1. The minimum absolute atomic E-state index is 0.208. The van der Waals surface area contributed by atoms with Crippen molar-refractivity contribution in [1.29, 1.82) is 0 Å². The van der Waals surface area contributed by atoms with Crippen molar-refractivity contribution in [3.05, 3.63) is 33.9 Å². The highest BCUT2D eigenvalue weighted by Crippen LogP contribution is 2.19. The van der Waals surface area contributed by atoms with Gasteiger partial charge in [0.2, 0.25) is 0 Å². The van der Waals surface area contributed by atoms with Crippen molar-refractivity contribution in [2.45, 2.75) is 13.8 Å². The first-order valence-corrected chi connectivity index (χ1v) is 5.49. The molecule has 86 valence electrons. The molecule has 0 radical (unpaired) electrons. The van der Waals surface area contributed by atoms with Crippen molar-refractivity contribution in [1.82, 2.24) is 4.98 Å². The molecule has 0 aliphatic heterocycles.